The molecular weight excluding hydrogens is 314 g/mol. The van der Waals surface area contributed by atoms with Gasteiger partial charge in [0.05, 0.1) is 6.54 Å². The van der Waals surface area contributed by atoms with Crippen LogP contribution in [0.4, 0.5) is 0 Å². The molecule has 0 saturated heterocycles. The third-order valence-electron chi connectivity index (χ3n) is 2.97. The first-order valence-corrected chi connectivity index (χ1v) is 8.72. The Hall–Kier alpha value is -1.67. The minimum absolute atomic E-state index is 0.198. The molecule has 21 heavy (non-hydrogen) atoms. The van der Waals surface area contributed by atoms with Gasteiger partial charge in [0.15, 0.2) is 9.84 Å². The molecule has 0 aliphatic heterocycles. The van der Waals surface area contributed by atoms with Crippen LogP contribution in [-0.4, -0.2) is 36.4 Å². The molecule has 1 aromatic rings. The Morgan fingerprint density at radius 2 is 2.00 bits per heavy atom. The van der Waals surface area contributed by atoms with Crippen LogP contribution in [-0.2, 0) is 26.0 Å². The molecule has 0 atom stereocenters. The average molecular weight is 331 g/mol. The smallest absolute Gasteiger partial charge is 0.328 e. The highest BCUT2D eigenvalue weighted by molar-refractivity contribution is 7.92. The van der Waals surface area contributed by atoms with Gasteiger partial charge in [-0.05, 0) is 32.1 Å². The van der Waals surface area contributed by atoms with Crippen LogP contribution in [0.15, 0.2) is 18.2 Å². The molecule has 0 bridgehead atoms. The lowest BCUT2D eigenvalue weighted by Crippen LogP contribution is -2.47. The van der Waals surface area contributed by atoms with E-state index in [1.54, 1.807) is 12.1 Å². The molecule has 0 unspecified atom stereocenters. The van der Waals surface area contributed by atoms with Gasteiger partial charge in [0.25, 0.3) is 0 Å². The maximum absolute atomic E-state index is 11.9. The fraction of sp³-hybridized carbons (Fsp3) is 0.385. The lowest BCUT2D eigenvalue weighted by molar-refractivity contribution is -0.131. The zero-order valence-corrected chi connectivity index (χ0v) is 13.5. The minimum atomic E-state index is -3.50. The van der Waals surface area contributed by atoms with E-state index in [2.05, 4.69) is 5.32 Å². The summed E-state index contributed by atoms with van der Waals surface area (Å²) in [5.74, 6) is -1.60. The maximum atomic E-state index is 11.9. The van der Waals surface area contributed by atoms with Crippen molar-refractivity contribution in [1.29, 1.82) is 0 Å². The Morgan fingerprint density at radius 3 is 2.52 bits per heavy atom. The predicted octanol–water partition coefficient (Wildman–Crippen LogP) is 1.29. The standard InChI is InChI=1S/C13H17NO5S2/c1-13(2,21(3,18)19)12(17)14-8-10-5-4-9(20-10)6-7-11(15)16/h4-7H,8H2,1-3H3,(H,14,17)(H,15,16). The van der Waals surface area contributed by atoms with Crippen LogP contribution >= 0.6 is 11.3 Å². The second kappa shape index (κ2) is 6.40. The number of hydrogen-bond donors (Lipinski definition) is 2. The average Bonchev–Trinajstić information content (AvgIpc) is 2.79. The van der Waals surface area contributed by atoms with Crippen molar-refractivity contribution in [3.05, 3.63) is 28.0 Å². The predicted molar refractivity (Wildman–Crippen MR) is 81.8 cm³/mol. The number of sulfone groups is 1. The Bertz CT molecular complexity index is 670. The van der Waals surface area contributed by atoms with Crippen LogP contribution in [0.25, 0.3) is 6.08 Å². The van der Waals surface area contributed by atoms with Gasteiger partial charge in [-0.3, -0.25) is 4.79 Å². The molecular formula is C13H17NO5S2. The van der Waals surface area contributed by atoms with Gasteiger partial charge in [0.2, 0.25) is 5.91 Å². The van der Waals surface area contributed by atoms with Crippen LogP contribution in [0.3, 0.4) is 0 Å². The highest BCUT2D eigenvalue weighted by Gasteiger charge is 2.38. The second-order valence-electron chi connectivity index (χ2n) is 4.94. The second-order valence-corrected chi connectivity index (χ2v) is 8.71. The van der Waals surface area contributed by atoms with Crippen LogP contribution in [0, 0.1) is 0 Å². The number of aliphatic carboxylic acids is 1. The first kappa shape index (κ1) is 17.4. The number of hydrogen-bond acceptors (Lipinski definition) is 5. The van der Waals surface area contributed by atoms with Gasteiger partial charge < -0.3 is 10.4 Å². The van der Waals surface area contributed by atoms with Crippen molar-refractivity contribution < 1.29 is 23.1 Å². The summed E-state index contributed by atoms with van der Waals surface area (Å²) >= 11 is 1.32. The van der Waals surface area contributed by atoms with E-state index >= 15 is 0 Å². The van der Waals surface area contributed by atoms with Crippen molar-refractivity contribution in [3.63, 3.8) is 0 Å². The first-order chi connectivity index (χ1) is 9.54. The number of rotatable bonds is 6. The molecule has 0 saturated carbocycles. The van der Waals surface area contributed by atoms with Crippen LogP contribution in [0.1, 0.15) is 23.6 Å². The summed E-state index contributed by atoms with van der Waals surface area (Å²) < 4.78 is 21.6. The Morgan fingerprint density at radius 1 is 1.38 bits per heavy atom. The van der Waals surface area contributed by atoms with Gasteiger partial charge in [0.1, 0.15) is 4.75 Å². The molecule has 1 amide bonds. The third kappa shape index (κ3) is 4.68. The van der Waals surface area contributed by atoms with Gasteiger partial charge >= 0.3 is 5.97 Å². The van der Waals surface area contributed by atoms with Gasteiger partial charge in [-0.2, -0.15) is 0 Å². The van der Waals surface area contributed by atoms with E-state index in [4.69, 9.17) is 5.11 Å². The number of thiophene rings is 1. The molecule has 1 aromatic heterocycles. The van der Waals surface area contributed by atoms with Gasteiger partial charge in [0, 0.05) is 22.1 Å². The number of carbonyl (C=O) groups is 2. The van der Waals surface area contributed by atoms with E-state index in [1.165, 1.54) is 31.3 Å². The number of carbonyl (C=O) groups excluding carboxylic acids is 1. The lowest BCUT2D eigenvalue weighted by Gasteiger charge is -2.21. The number of carboxylic acid groups (broad SMARTS) is 1. The first-order valence-electron chi connectivity index (χ1n) is 6.01. The Kier molecular flexibility index (Phi) is 5.30. The summed E-state index contributed by atoms with van der Waals surface area (Å²) in [6, 6.07) is 3.48. The maximum Gasteiger partial charge on any atom is 0.328 e. The molecule has 116 valence electrons. The summed E-state index contributed by atoms with van der Waals surface area (Å²) in [6.45, 7) is 2.91. The number of amides is 1. The van der Waals surface area contributed by atoms with E-state index in [0.717, 1.165) is 22.1 Å². The number of nitrogens with one attached hydrogen (secondary N) is 1. The SMILES string of the molecule is CC(C)(C(=O)NCc1ccc(C=CC(=O)O)s1)S(C)(=O)=O. The van der Waals surface area contributed by atoms with Crippen molar-refractivity contribution in [2.75, 3.05) is 6.26 Å². The van der Waals surface area contributed by atoms with Crippen LogP contribution in [0.5, 0.6) is 0 Å². The van der Waals surface area contributed by atoms with Crippen molar-refractivity contribution in [3.8, 4) is 0 Å². The monoisotopic (exact) mass is 331 g/mol. The molecule has 6 nitrogen and oxygen atoms in total. The molecule has 0 aliphatic carbocycles. The molecule has 0 fully saturated rings. The van der Waals surface area contributed by atoms with E-state index in [1.807, 2.05) is 0 Å². The van der Waals surface area contributed by atoms with E-state index in [9.17, 15) is 18.0 Å². The Balaban J connectivity index is 2.69. The summed E-state index contributed by atoms with van der Waals surface area (Å²) in [6.07, 6.45) is 3.51. The minimum Gasteiger partial charge on any atom is -0.478 e. The van der Waals surface area contributed by atoms with E-state index in [0.29, 0.717) is 0 Å². The molecule has 8 heteroatoms. The summed E-state index contributed by atoms with van der Waals surface area (Å²) in [7, 11) is -3.50. The van der Waals surface area contributed by atoms with Gasteiger partial charge in [-0.15, -0.1) is 11.3 Å². The third-order valence-corrected chi connectivity index (χ3v) is 6.06. The summed E-state index contributed by atoms with van der Waals surface area (Å²) in [5.41, 5.74) is 0. The summed E-state index contributed by atoms with van der Waals surface area (Å²) in [5, 5.41) is 11.1. The molecule has 1 rings (SSSR count). The highest BCUT2D eigenvalue weighted by atomic mass is 32.2. The molecule has 2 N–H and O–H groups in total. The molecule has 0 spiro atoms. The van der Waals surface area contributed by atoms with Crippen molar-refractivity contribution >= 4 is 39.1 Å². The quantitative estimate of drug-likeness (QED) is 0.765. The molecule has 1 heterocycles. The van der Waals surface area contributed by atoms with Crippen LogP contribution < -0.4 is 5.32 Å². The normalized spacial score (nSPS) is 12.5. The molecule has 0 aliphatic rings. The van der Waals surface area contributed by atoms with Crippen molar-refractivity contribution in [2.45, 2.75) is 25.1 Å². The largest absolute Gasteiger partial charge is 0.478 e. The summed E-state index contributed by atoms with van der Waals surface area (Å²) in [4.78, 5) is 23.9. The van der Waals surface area contributed by atoms with Crippen LogP contribution in [0.2, 0.25) is 0 Å². The lowest BCUT2D eigenvalue weighted by atomic mass is 10.2. The number of carboxylic acids is 1. The van der Waals surface area contributed by atoms with Crippen molar-refractivity contribution in [2.24, 2.45) is 0 Å². The highest BCUT2D eigenvalue weighted by Crippen LogP contribution is 2.19. The van der Waals surface area contributed by atoms with Gasteiger partial charge in [-0.25, -0.2) is 13.2 Å². The zero-order chi connectivity index (χ0) is 16.3. The fourth-order valence-corrected chi connectivity index (χ4v) is 2.55. The Labute approximate surface area is 127 Å². The van der Waals surface area contributed by atoms with Gasteiger partial charge in [-0.1, -0.05) is 0 Å². The van der Waals surface area contributed by atoms with Crippen molar-refractivity contribution in [1.82, 2.24) is 5.32 Å². The topological polar surface area (TPSA) is 101 Å². The molecule has 0 aromatic carbocycles. The van der Waals surface area contributed by atoms with E-state index in [-0.39, 0.29) is 6.54 Å². The zero-order valence-electron chi connectivity index (χ0n) is 11.9. The van der Waals surface area contributed by atoms with E-state index < -0.39 is 26.5 Å². The fourth-order valence-electron chi connectivity index (χ4n) is 1.28. The molecule has 0 radical (unpaired) electrons.